The highest BCUT2D eigenvalue weighted by atomic mass is 32.1. The molecule has 0 radical (unpaired) electrons. The predicted molar refractivity (Wildman–Crippen MR) is 112 cm³/mol. The van der Waals surface area contributed by atoms with E-state index in [4.69, 9.17) is 21.7 Å². The van der Waals surface area contributed by atoms with Crippen LogP contribution in [0.3, 0.4) is 0 Å². The summed E-state index contributed by atoms with van der Waals surface area (Å²) in [7, 11) is 1.58. The van der Waals surface area contributed by atoms with E-state index in [9.17, 15) is 9.59 Å². The first kappa shape index (κ1) is 19.6. The first-order chi connectivity index (χ1) is 13.4. The van der Waals surface area contributed by atoms with E-state index >= 15 is 0 Å². The van der Waals surface area contributed by atoms with Crippen LogP contribution in [0.25, 0.3) is 6.08 Å². The molecule has 6 nitrogen and oxygen atoms in total. The zero-order valence-corrected chi connectivity index (χ0v) is 16.6. The summed E-state index contributed by atoms with van der Waals surface area (Å²) in [4.78, 5) is 26.8. The van der Waals surface area contributed by atoms with E-state index in [1.54, 1.807) is 49.6 Å². The Balaban J connectivity index is 1.99. The van der Waals surface area contributed by atoms with E-state index in [1.165, 1.54) is 4.90 Å². The van der Waals surface area contributed by atoms with Gasteiger partial charge in [0.1, 0.15) is 17.1 Å². The molecule has 7 heteroatoms. The summed E-state index contributed by atoms with van der Waals surface area (Å²) in [6.45, 7) is 4.26. The van der Waals surface area contributed by atoms with E-state index in [0.717, 1.165) is 11.1 Å². The summed E-state index contributed by atoms with van der Waals surface area (Å²) in [5.41, 5.74) is 2.16. The van der Waals surface area contributed by atoms with Crippen LogP contribution < -0.4 is 19.7 Å². The lowest BCUT2D eigenvalue weighted by atomic mass is 10.0. The molecular weight excluding hydrogens is 376 g/mol. The highest BCUT2D eigenvalue weighted by Gasteiger charge is 2.34. The normalized spacial score (nSPS) is 15.6. The van der Waals surface area contributed by atoms with E-state index in [0.29, 0.717) is 23.8 Å². The number of nitrogens with zero attached hydrogens (tertiary/aromatic N) is 1. The maximum Gasteiger partial charge on any atom is 0.270 e. The van der Waals surface area contributed by atoms with E-state index < -0.39 is 11.8 Å². The molecular formula is C21H20N2O4S. The number of aryl methyl sites for hydroxylation is 1. The molecule has 0 unspecified atom stereocenters. The summed E-state index contributed by atoms with van der Waals surface area (Å²) >= 11 is 5.24. The average Bonchev–Trinajstić information content (AvgIpc) is 2.66. The summed E-state index contributed by atoms with van der Waals surface area (Å²) in [5.74, 6) is 0.304. The van der Waals surface area contributed by atoms with Crippen molar-refractivity contribution in [1.82, 2.24) is 5.32 Å². The van der Waals surface area contributed by atoms with E-state index in [1.807, 2.05) is 19.9 Å². The first-order valence-electron chi connectivity index (χ1n) is 8.73. The lowest BCUT2D eigenvalue weighted by Gasteiger charge is -2.29. The van der Waals surface area contributed by atoms with Gasteiger partial charge in [0.2, 0.25) is 0 Å². The van der Waals surface area contributed by atoms with Gasteiger partial charge in [0.05, 0.1) is 19.4 Å². The highest BCUT2D eigenvalue weighted by molar-refractivity contribution is 7.80. The van der Waals surface area contributed by atoms with Crippen LogP contribution in [0.5, 0.6) is 11.5 Å². The number of thiocarbonyl (C=S) groups is 1. The van der Waals surface area contributed by atoms with Crippen molar-refractivity contribution in [3.05, 3.63) is 59.2 Å². The summed E-state index contributed by atoms with van der Waals surface area (Å²) in [5, 5.41) is 2.62. The maximum atomic E-state index is 13.1. The summed E-state index contributed by atoms with van der Waals surface area (Å²) in [6.07, 6.45) is 1.56. The van der Waals surface area contributed by atoms with Gasteiger partial charge in [-0.2, -0.15) is 0 Å². The van der Waals surface area contributed by atoms with Gasteiger partial charge in [0.25, 0.3) is 11.8 Å². The molecule has 2 aromatic carbocycles. The predicted octanol–water partition coefficient (Wildman–Crippen LogP) is 3.23. The van der Waals surface area contributed by atoms with Gasteiger partial charge in [0.15, 0.2) is 5.11 Å². The molecule has 0 spiro atoms. The Bertz CT molecular complexity index is 984. The van der Waals surface area contributed by atoms with Crippen LogP contribution in [0.15, 0.2) is 48.0 Å². The number of hydrogen-bond acceptors (Lipinski definition) is 5. The van der Waals surface area contributed by atoms with Crippen molar-refractivity contribution in [2.45, 2.75) is 13.8 Å². The van der Waals surface area contributed by atoms with Gasteiger partial charge in [0, 0.05) is 6.07 Å². The maximum absolute atomic E-state index is 13.1. The third-order valence-corrected chi connectivity index (χ3v) is 4.55. The Morgan fingerprint density at radius 3 is 2.61 bits per heavy atom. The van der Waals surface area contributed by atoms with Crippen LogP contribution >= 0.6 is 12.2 Å². The van der Waals surface area contributed by atoms with Gasteiger partial charge in [-0.05, 0) is 67.5 Å². The molecule has 0 aromatic heterocycles. The second-order valence-electron chi connectivity index (χ2n) is 6.11. The number of carbonyl (C=O) groups excluding carboxylic acids is 2. The largest absolute Gasteiger partial charge is 0.497 e. The molecule has 28 heavy (non-hydrogen) atoms. The van der Waals surface area contributed by atoms with Gasteiger partial charge < -0.3 is 9.47 Å². The Morgan fingerprint density at radius 1 is 1.14 bits per heavy atom. The second-order valence-corrected chi connectivity index (χ2v) is 6.50. The Labute approximate surface area is 168 Å². The van der Waals surface area contributed by atoms with Crippen molar-refractivity contribution in [3.63, 3.8) is 0 Å². The van der Waals surface area contributed by atoms with Crippen LogP contribution in [0.1, 0.15) is 18.1 Å². The number of carbonyl (C=O) groups is 2. The molecule has 0 bridgehead atoms. The minimum Gasteiger partial charge on any atom is -0.497 e. The third kappa shape index (κ3) is 3.89. The number of methoxy groups -OCH3 is 1. The Hall–Kier alpha value is -3.19. The van der Waals surface area contributed by atoms with E-state index in [2.05, 4.69) is 5.32 Å². The fourth-order valence-electron chi connectivity index (χ4n) is 2.86. The van der Waals surface area contributed by atoms with Crippen molar-refractivity contribution < 1.29 is 19.1 Å². The van der Waals surface area contributed by atoms with Crippen molar-refractivity contribution in [2.24, 2.45) is 0 Å². The average molecular weight is 396 g/mol. The molecule has 1 aliphatic rings. The van der Waals surface area contributed by atoms with Crippen LogP contribution in [0.2, 0.25) is 0 Å². The number of anilines is 1. The van der Waals surface area contributed by atoms with Crippen LogP contribution in [0, 0.1) is 6.92 Å². The number of nitrogens with one attached hydrogen (secondary N) is 1. The molecule has 0 aliphatic carbocycles. The Kier molecular flexibility index (Phi) is 5.75. The summed E-state index contributed by atoms with van der Waals surface area (Å²) < 4.78 is 10.7. The van der Waals surface area contributed by atoms with Crippen molar-refractivity contribution in [1.29, 1.82) is 0 Å². The first-order valence-corrected chi connectivity index (χ1v) is 9.14. The minimum absolute atomic E-state index is 0.00341. The molecule has 1 fully saturated rings. The van der Waals surface area contributed by atoms with Crippen LogP contribution in [0.4, 0.5) is 5.69 Å². The second kappa shape index (κ2) is 8.22. The minimum atomic E-state index is -0.526. The zero-order valence-electron chi connectivity index (χ0n) is 15.8. The molecule has 2 amide bonds. The van der Waals surface area contributed by atoms with Gasteiger partial charge in [-0.25, -0.2) is 0 Å². The molecule has 2 aromatic rings. The van der Waals surface area contributed by atoms with Gasteiger partial charge >= 0.3 is 0 Å². The Morgan fingerprint density at radius 2 is 1.93 bits per heavy atom. The molecule has 1 N–H and O–H groups in total. The molecule has 1 heterocycles. The molecule has 144 valence electrons. The summed E-state index contributed by atoms with van der Waals surface area (Å²) in [6, 6.07) is 12.4. The fraction of sp³-hybridized carbons (Fsp3) is 0.190. The van der Waals surface area contributed by atoms with Crippen LogP contribution in [-0.2, 0) is 9.59 Å². The molecule has 3 rings (SSSR count). The quantitative estimate of drug-likeness (QED) is 0.477. The lowest BCUT2D eigenvalue weighted by molar-refractivity contribution is -0.122. The van der Waals surface area contributed by atoms with Crippen molar-refractivity contribution in [3.8, 4) is 11.5 Å². The number of benzene rings is 2. The lowest BCUT2D eigenvalue weighted by Crippen LogP contribution is -2.54. The van der Waals surface area contributed by atoms with Gasteiger partial charge in [-0.1, -0.05) is 12.1 Å². The molecule has 1 aliphatic heterocycles. The standard InChI is InChI=1S/C21H20N2O4S/c1-4-27-17-7-5-6-15(12-17)23-20(25)18(19(24)22-21(23)28)11-14-8-9-16(26-3)10-13(14)2/h5-12H,4H2,1-3H3,(H,22,24,28)/b18-11+. The SMILES string of the molecule is CCOc1cccc(N2C(=O)/C(=C/c3ccc(OC)cc3C)C(=O)NC2=S)c1. The number of ether oxygens (including phenoxy) is 2. The molecule has 0 saturated carbocycles. The number of amides is 2. The highest BCUT2D eigenvalue weighted by Crippen LogP contribution is 2.26. The zero-order chi connectivity index (χ0) is 20.3. The van der Waals surface area contributed by atoms with Gasteiger partial charge in [-0.3, -0.25) is 19.8 Å². The van der Waals surface area contributed by atoms with Crippen molar-refractivity contribution >= 4 is 40.9 Å². The smallest absolute Gasteiger partial charge is 0.270 e. The molecule has 1 saturated heterocycles. The number of hydrogen-bond donors (Lipinski definition) is 1. The van der Waals surface area contributed by atoms with Crippen LogP contribution in [-0.4, -0.2) is 30.6 Å². The van der Waals surface area contributed by atoms with E-state index in [-0.39, 0.29) is 10.7 Å². The third-order valence-electron chi connectivity index (χ3n) is 4.27. The molecule has 0 atom stereocenters. The van der Waals surface area contributed by atoms with Crippen molar-refractivity contribution in [2.75, 3.05) is 18.6 Å². The monoisotopic (exact) mass is 396 g/mol. The van der Waals surface area contributed by atoms with Gasteiger partial charge in [-0.15, -0.1) is 0 Å². The fourth-order valence-corrected chi connectivity index (χ4v) is 3.14. The number of rotatable bonds is 5. The topological polar surface area (TPSA) is 67.9 Å².